The molecule has 0 radical (unpaired) electrons. The van der Waals surface area contributed by atoms with E-state index < -0.39 is 0 Å². The van der Waals surface area contributed by atoms with Crippen molar-refractivity contribution >= 4 is 11.3 Å². The summed E-state index contributed by atoms with van der Waals surface area (Å²) in [6.07, 6.45) is 2.35. The lowest BCUT2D eigenvalue weighted by Crippen LogP contribution is -1.60. The van der Waals surface area contributed by atoms with E-state index in [1.54, 1.807) is 23.0 Å². The van der Waals surface area contributed by atoms with Crippen molar-refractivity contribution in [3.05, 3.63) is 17.1 Å². The number of epoxide rings is 1. The summed E-state index contributed by atoms with van der Waals surface area (Å²) in [7, 11) is 0. The van der Waals surface area contributed by atoms with Crippen molar-refractivity contribution in [2.75, 3.05) is 6.61 Å². The summed E-state index contributed by atoms with van der Waals surface area (Å²) in [4.78, 5) is 3.74. The molecule has 1 saturated heterocycles. The zero-order valence-corrected chi connectivity index (χ0v) is 6.10. The molecule has 1 aliphatic rings. The molecule has 0 amide bonds. The Labute approximate surface area is 58.5 Å². The van der Waals surface area contributed by atoms with Gasteiger partial charge < -0.3 is 4.74 Å². The van der Waals surface area contributed by atoms with Crippen LogP contribution in [0.25, 0.3) is 0 Å². The first-order valence-electron chi connectivity index (χ1n) is 2.83. The van der Waals surface area contributed by atoms with Crippen LogP contribution in [0.1, 0.15) is 6.92 Å². The molecule has 0 saturated carbocycles. The molecule has 0 bridgehead atoms. The Kier molecular flexibility index (Phi) is 2.67. The minimum Gasteiger partial charge on any atom is -0.373 e. The average molecular weight is 143 g/mol. The molecule has 2 rings (SSSR count). The van der Waals surface area contributed by atoms with Gasteiger partial charge in [0.2, 0.25) is 0 Å². The molecule has 0 aliphatic carbocycles. The number of hydrogen-bond acceptors (Lipinski definition) is 3. The smallest absolute Gasteiger partial charge is 0.0791 e. The van der Waals surface area contributed by atoms with Gasteiger partial charge in [-0.2, -0.15) is 0 Å². The number of nitrogens with zero attached hydrogens (tertiary/aromatic N) is 1. The van der Waals surface area contributed by atoms with Gasteiger partial charge in [-0.3, -0.25) is 4.98 Å². The van der Waals surface area contributed by atoms with E-state index in [4.69, 9.17) is 4.74 Å². The molecule has 1 aliphatic heterocycles. The standard InChI is InChI=1S/C3H3NS.C3H6O/c1-2-5-3-4-1;1-3-2-4-3/h1-3H;3H,2H2,1H3. The van der Waals surface area contributed by atoms with Crippen molar-refractivity contribution < 1.29 is 4.74 Å². The Morgan fingerprint density at radius 3 is 2.56 bits per heavy atom. The van der Waals surface area contributed by atoms with Gasteiger partial charge in [0.1, 0.15) is 0 Å². The number of thiazole rings is 1. The largest absolute Gasteiger partial charge is 0.373 e. The third-order valence-corrected chi connectivity index (χ3v) is 1.37. The summed E-state index contributed by atoms with van der Waals surface area (Å²) in [5.74, 6) is 0. The predicted molar refractivity (Wildman–Crippen MR) is 37.5 cm³/mol. The van der Waals surface area contributed by atoms with Crippen LogP contribution in [0.5, 0.6) is 0 Å². The van der Waals surface area contributed by atoms with E-state index in [1.807, 2.05) is 5.38 Å². The fourth-order valence-corrected chi connectivity index (χ4v) is 0.623. The second kappa shape index (κ2) is 3.58. The molecule has 2 heterocycles. The maximum atomic E-state index is 4.71. The maximum Gasteiger partial charge on any atom is 0.0791 e. The summed E-state index contributed by atoms with van der Waals surface area (Å²) < 4.78 is 4.71. The molecule has 1 aromatic rings. The number of aromatic nitrogens is 1. The quantitative estimate of drug-likeness (QED) is 0.515. The van der Waals surface area contributed by atoms with Crippen molar-refractivity contribution in [1.82, 2.24) is 4.98 Å². The van der Waals surface area contributed by atoms with Crippen molar-refractivity contribution in [3.8, 4) is 0 Å². The molecule has 1 unspecified atom stereocenters. The van der Waals surface area contributed by atoms with Gasteiger partial charge in [-0.15, -0.1) is 11.3 Å². The fourth-order valence-electron chi connectivity index (χ4n) is 0.272. The first kappa shape index (κ1) is 6.71. The molecule has 2 nitrogen and oxygen atoms in total. The second-order valence-corrected chi connectivity index (χ2v) is 2.57. The molecule has 9 heavy (non-hydrogen) atoms. The molecule has 50 valence electrons. The van der Waals surface area contributed by atoms with Crippen LogP contribution < -0.4 is 0 Å². The lowest BCUT2D eigenvalue weighted by molar-refractivity contribution is 0.423. The Morgan fingerprint density at radius 1 is 1.78 bits per heavy atom. The third-order valence-electron chi connectivity index (χ3n) is 0.847. The average Bonchev–Trinajstić information content (AvgIpc) is 2.52. The van der Waals surface area contributed by atoms with Crippen LogP contribution in [-0.4, -0.2) is 17.7 Å². The predicted octanol–water partition coefficient (Wildman–Crippen LogP) is 1.55. The van der Waals surface area contributed by atoms with Crippen molar-refractivity contribution in [1.29, 1.82) is 0 Å². The maximum absolute atomic E-state index is 4.71. The Hall–Kier alpha value is -0.410. The zero-order valence-electron chi connectivity index (χ0n) is 5.28. The van der Waals surface area contributed by atoms with E-state index in [9.17, 15) is 0 Å². The molecule has 1 atom stereocenters. The minimum absolute atomic E-state index is 0.583. The summed E-state index contributed by atoms with van der Waals surface area (Å²) in [5.41, 5.74) is 1.79. The van der Waals surface area contributed by atoms with Gasteiger partial charge in [0.25, 0.3) is 0 Å². The van der Waals surface area contributed by atoms with Crippen LogP contribution in [0.4, 0.5) is 0 Å². The normalized spacial score (nSPS) is 22.1. The van der Waals surface area contributed by atoms with Crippen molar-refractivity contribution in [2.24, 2.45) is 0 Å². The second-order valence-electron chi connectivity index (χ2n) is 1.82. The highest BCUT2D eigenvalue weighted by Crippen LogP contribution is 2.04. The van der Waals surface area contributed by atoms with E-state index >= 15 is 0 Å². The molecule has 1 fully saturated rings. The van der Waals surface area contributed by atoms with Crippen LogP contribution >= 0.6 is 11.3 Å². The van der Waals surface area contributed by atoms with Gasteiger partial charge >= 0.3 is 0 Å². The lowest BCUT2D eigenvalue weighted by Gasteiger charge is -1.50. The first-order chi connectivity index (χ1) is 4.39. The van der Waals surface area contributed by atoms with Gasteiger partial charge in [-0.05, 0) is 6.92 Å². The summed E-state index contributed by atoms with van der Waals surface area (Å²) in [6, 6.07) is 0. The molecule has 0 spiro atoms. The van der Waals surface area contributed by atoms with Gasteiger partial charge in [0.15, 0.2) is 0 Å². The number of rotatable bonds is 0. The van der Waals surface area contributed by atoms with Crippen LogP contribution in [-0.2, 0) is 4.74 Å². The summed E-state index contributed by atoms with van der Waals surface area (Å²) >= 11 is 1.60. The summed E-state index contributed by atoms with van der Waals surface area (Å²) in [6.45, 7) is 3.04. The molecular weight excluding hydrogens is 134 g/mol. The Balaban J connectivity index is 0.0000000922. The minimum atomic E-state index is 0.583. The molecular formula is C6H9NOS. The summed E-state index contributed by atoms with van der Waals surface area (Å²) in [5, 5.41) is 1.93. The highest BCUT2D eigenvalue weighted by atomic mass is 32.1. The van der Waals surface area contributed by atoms with Crippen LogP contribution in [0.15, 0.2) is 17.1 Å². The van der Waals surface area contributed by atoms with E-state index in [2.05, 4.69) is 11.9 Å². The Bertz CT molecular complexity index is 120. The highest BCUT2D eigenvalue weighted by Gasteiger charge is 2.13. The van der Waals surface area contributed by atoms with E-state index in [-0.39, 0.29) is 0 Å². The molecule has 0 N–H and O–H groups in total. The highest BCUT2D eigenvalue weighted by molar-refractivity contribution is 7.07. The topological polar surface area (TPSA) is 25.4 Å². The number of ether oxygens (including phenoxy) is 1. The molecule has 1 aromatic heterocycles. The van der Waals surface area contributed by atoms with E-state index in [1.165, 1.54) is 0 Å². The van der Waals surface area contributed by atoms with E-state index in [0.29, 0.717) is 6.10 Å². The van der Waals surface area contributed by atoms with Crippen molar-refractivity contribution in [2.45, 2.75) is 13.0 Å². The van der Waals surface area contributed by atoms with Crippen molar-refractivity contribution in [3.63, 3.8) is 0 Å². The molecule has 0 aromatic carbocycles. The van der Waals surface area contributed by atoms with Gasteiger partial charge in [0, 0.05) is 11.6 Å². The monoisotopic (exact) mass is 143 g/mol. The lowest BCUT2D eigenvalue weighted by atomic mass is 10.6. The number of hydrogen-bond donors (Lipinski definition) is 0. The van der Waals surface area contributed by atoms with Gasteiger partial charge in [0.05, 0.1) is 18.2 Å². The third kappa shape index (κ3) is 4.12. The first-order valence-corrected chi connectivity index (χ1v) is 3.77. The van der Waals surface area contributed by atoms with Crippen LogP contribution in [0.2, 0.25) is 0 Å². The molecule has 3 heteroatoms. The Morgan fingerprint density at radius 2 is 2.44 bits per heavy atom. The fraction of sp³-hybridized carbons (Fsp3) is 0.500. The van der Waals surface area contributed by atoms with E-state index in [0.717, 1.165) is 6.61 Å². The zero-order chi connectivity index (χ0) is 6.53. The van der Waals surface area contributed by atoms with Gasteiger partial charge in [-0.1, -0.05) is 0 Å². The van der Waals surface area contributed by atoms with Crippen LogP contribution in [0.3, 0.4) is 0 Å². The van der Waals surface area contributed by atoms with Crippen LogP contribution in [0, 0.1) is 0 Å². The van der Waals surface area contributed by atoms with Gasteiger partial charge in [-0.25, -0.2) is 0 Å². The SMILES string of the molecule is CC1CO1.c1cscn1.